The highest BCUT2D eigenvalue weighted by Crippen LogP contribution is 2.23. The van der Waals surface area contributed by atoms with Crippen molar-refractivity contribution in [3.63, 3.8) is 0 Å². The molecule has 4 heteroatoms. The van der Waals surface area contributed by atoms with Gasteiger partial charge in [-0.3, -0.25) is 0 Å². The highest BCUT2D eigenvalue weighted by Gasteiger charge is 2.30. The van der Waals surface area contributed by atoms with Gasteiger partial charge in [-0.1, -0.05) is 19.1 Å². The highest BCUT2D eigenvalue weighted by atomic mass is 32.1. The van der Waals surface area contributed by atoms with Crippen LogP contribution in [0.15, 0.2) is 11.3 Å². The molecule has 0 amide bonds. The molecule has 0 saturated heterocycles. The second kappa shape index (κ2) is 6.33. The maximum atomic E-state index is 9.42. The first kappa shape index (κ1) is 13.6. The van der Waals surface area contributed by atoms with Gasteiger partial charge in [-0.15, -0.1) is 0 Å². The molecule has 3 nitrogen and oxygen atoms in total. The third-order valence-corrected chi connectivity index (χ3v) is 3.35. The molecule has 1 aliphatic carbocycles. The van der Waals surface area contributed by atoms with E-state index in [-0.39, 0.29) is 0 Å². The van der Waals surface area contributed by atoms with E-state index in [4.69, 9.17) is 12.2 Å². The van der Waals surface area contributed by atoms with E-state index in [1.807, 2.05) is 6.92 Å². The van der Waals surface area contributed by atoms with Gasteiger partial charge in [-0.25, -0.2) is 0 Å². The number of aliphatic hydroxyl groups excluding tert-OH is 1. The number of nitrogens with one attached hydrogen (secondary N) is 1. The number of hydrogen-bond donors (Lipinski definition) is 2. The SMILES string of the molecule is CCCN(C)CCCNC1=C(C)C(O)C1=S. The summed E-state index contributed by atoms with van der Waals surface area (Å²) >= 11 is 5.07. The first-order chi connectivity index (χ1) is 7.57. The van der Waals surface area contributed by atoms with Crippen LogP contribution in [0.3, 0.4) is 0 Å². The summed E-state index contributed by atoms with van der Waals surface area (Å²) < 4.78 is 0. The van der Waals surface area contributed by atoms with Gasteiger partial charge in [0.2, 0.25) is 0 Å². The van der Waals surface area contributed by atoms with Crippen LogP contribution < -0.4 is 5.32 Å². The zero-order chi connectivity index (χ0) is 12.1. The lowest BCUT2D eigenvalue weighted by Crippen LogP contribution is -2.41. The second-order valence-corrected chi connectivity index (χ2v) is 4.85. The van der Waals surface area contributed by atoms with Crippen molar-refractivity contribution in [3.05, 3.63) is 11.3 Å². The number of thiocarbonyl (C=S) groups is 1. The molecule has 92 valence electrons. The van der Waals surface area contributed by atoms with E-state index < -0.39 is 6.10 Å². The molecule has 1 unspecified atom stereocenters. The van der Waals surface area contributed by atoms with E-state index in [2.05, 4.69) is 24.2 Å². The second-order valence-electron chi connectivity index (χ2n) is 4.41. The fourth-order valence-electron chi connectivity index (χ4n) is 1.87. The van der Waals surface area contributed by atoms with Gasteiger partial charge < -0.3 is 15.3 Å². The van der Waals surface area contributed by atoms with E-state index >= 15 is 0 Å². The first-order valence-electron chi connectivity index (χ1n) is 5.93. The Hall–Kier alpha value is -0.450. The van der Waals surface area contributed by atoms with Gasteiger partial charge in [0.1, 0.15) is 6.10 Å². The van der Waals surface area contributed by atoms with E-state index in [1.54, 1.807) is 0 Å². The van der Waals surface area contributed by atoms with Crippen LogP contribution >= 0.6 is 12.2 Å². The lowest BCUT2D eigenvalue weighted by Gasteiger charge is -2.29. The topological polar surface area (TPSA) is 35.5 Å². The highest BCUT2D eigenvalue weighted by molar-refractivity contribution is 7.81. The minimum atomic E-state index is -0.486. The molecule has 0 radical (unpaired) electrons. The number of aliphatic hydroxyl groups is 1. The van der Waals surface area contributed by atoms with Crippen LogP contribution in [-0.4, -0.2) is 47.7 Å². The van der Waals surface area contributed by atoms with Gasteiger partial charge in [-0.05, 0) is 45.5 Å². The van der Waals surface area contributed by atoms with E-state index in [9.17, 15) is 5.11 Å². The van der Waals surface area contributed by atoms with Crippen molar-refractivity contribution in [2.75, 3.05) is 26.7 Å². The summed E-state index contributed by atoms with van der Waals surface area (Å²) in [5, 5.41) is 12.7. The Balaban J connectivity index is 2.15. The molecule has 0 aromatic heterocycles. The predicted octanol–water partition coefficient (Wildman–Crippen LogP) is 1.33. The first-order valence-corrected chi connectivity index (χ1v) is 6.34. The lowest BCUT2D eigenvalue weighted by atomic mass is 9.92. The minimum absolute atomic E-state index is 0.486. The molecule has 0 spiro atoms. The van der Waals surface area contributed by atoms with Crippen LogP contribution in [0.1, 0.15) is 26.7 Å². The van der Waals surface area contributed by atoms with Gasteiger partial charge in [0.05, 0.1) is 10.6 Å². The van der Waals surface area contributed by atoms with Crippen LogP contribution in [0.25, 0.3) is 0 Å². The Morgan fingerprint density at radius 2 is 2.12 bits per heavy atom. The normalized spacial score (nSPS) is 20.3. The summed E-state index contributed by atoms with van der Waals surface area (Å²) in [6, 6.07) is 0. The molecule has 0 aliphatic heterocycles. The largest absolute Gasteiger partial charge is 0.384 e. The maximum Gasteiger partial charge on any atom is 0.114 e. The van der Waals surface area contributed by atoms with Gasteiger partial charge in [0.25, 0.3) is 0 Å². The molecule has 1 atom stereocenters. The summed E-state index contributed by atoms with van der Waals surface area (Å²) in [5.74, 6) is 0. The lowest BCUT2D eigenvalue weighted by molar-refractivity contribution is 0.266. The Bertz CT molecular complexity index is 289. The van der Waals surface area contributed by atoms with E-state index in [0.717, 1.165) is 37.3 Å². The summed E-state index contributed by atoms with van der Waals surface area (Å²) in [5.41, 5.74) is 1.97. The molecule has 0 saturated carbocycles. The number of hydrogen-bond acceptors (Lipinski definition) is 4. The van der Waals surface area contributed by atoms with Crippen LogP contribution in [0.4, 0.5) is 0 Å². The summed E-state index contributed by atoms with van der Waals surface area (Å²) in [4.78, 5) is 3.00. The van der Waals surface area contributed by atoms with Crippen molar-refractivity contribution in [3.8, 4) is 0 Å². The van der Waals surface area contributed by atoms with Gasteiger partial charge in [-0.2, -0.15) is 0 Å². The Morgan fingerprint density at radius 3 is 2.69 bits per heavy atom. The minimum Gasteiger partial charge on any atom is -0.384 e. The quantitative estimate of drug-likeness (QED) is 0.521. The molecule has 0 bridgehead atoms. The summed E-state index contributed by atoms with van der Waals surface area (Å²) in [7, 11) is 2.14. The van der Waals surface area contributed by atoms with Crippen molar-refractivity contribution in [2.24, 2.45) is 0 Å². The van der Waals surface area contributed by atoms with Gasteiger partial charge in [0, 0.05) is 6.54 Å². The molecule has 1 aliphatic rings. The molecule has 0 aromatic carbocycles. The predicted molar refractivity (Wildman–Crippen MR) is 71.7 cm³/mol. The van der Waals surface area contributed by atoms with Gasteiger partial charge >= 0.3 is 0 Å². The van der Waals surface area contributed by atoms with Crippen molar-refractivity contribution in [1.82, 2.24) is 10.2 Å². The Kier molecular flexibility index (Phi) is 5.38. The van der Waals surface area contributed by atoms with E-state index in [0.29, 0.717) is 4.86 Å². The average Bonchev–Trinajstić information content (AvgIpc) is 2.28. The van der Waals surface area contributed by atoms with Crippen LogP contribution in [0.5, 0.6) is 0 Å². The van der Waals surface area contributed by atoms with Crippen molar-refractivity contribution < 1.29 is 5.11 Å². The summed E-state index contributed by atoms with van der Waals surface area (Å²) in [6.45, 7) is 7.29. The monoisotopic (exact) mass is 242 g/mol. The Morgan fingerprint density at radius 1 is 1.44 bits per heavy atom. The number of rotatable bonds is 7. The summed E-state index contributed by atoms with van der Waals surface area (Å²) in [6.07, 6.45) is 1.82. The zero-order valence-corrected chi connectivity index (χ0v) is 11.2. The molecule has 16 heavy (non-hydrogen) atoms. The molecule has 0 heterocycles. The molecule has 2 N–H and O–H groups in total. The fourth-order valence-corrected chi connectivity index (χ4v) is 2.28. The molecule has 1 rings (SSSR count). The number of nitrogens with zero attached hydrogens (tertiary/aromatic N) is 1. The molecular formula is C12H22N2OS. The Labute approximate surface area is 104 Å². The molecule has 0 fully saturated rings. The fraction of sp³-hybridized carbons (Fsp3) is 0.750. The van der Waals surface area contributed by atoms with Crippen molar-refractivity contribution in [2.45, 2.75) is 32.8 Å². The van der Waals surface area contributed by atoms with Crippen LogP contribution in [0.2, 0.25) is 0 Å². The molecule has 0 aromatic rings. The van der Waals surface area contributed by atoms with Crippen LogP contribution in [-0.2, 0) is 0 Å². The third kappa shape index (κ3) is 3.27. The smallest absolute Gasteiger partial charge is 0.114 e. The standard InChI is InChI=1S/C12H22N2OS/c1-4-7-14(3)8-5-6-13-10-9(2)11(15)12(10)16/h11,13,15H,4-8H2,1-3H3. The van der Waals surface area contributed by atoms with Crippen molar-refractivity contribution in [1.29, 1.82) is 0 Å². The maximum absolute atomic E-state index is 9.42. The zero-order valence-electron chi connectivity index (χ0n) is 10.4. The van der Waals surface area contributed by atoms with E-state index in [1.165, 1.54) is 6.42 Å². The van der Waals surface area contributed by atoms with Crippen LogP contribution in [0, 0.1) is 0 Å². The van der Waals surface area contributed by atoms with Crippen molar-refractivity contribution >= 4 is 17.1 Å². The van der Waals surface area contributed by atoms with Gasteiger partial charge in [0.15, 0.2) is 0 Å². The third-order valence-electron chi connectivity index (χ3n) is 2.92. The molecular weight excluding hydrogens is 220 g/mol. The average molecular weight is 242 g/mol.